The summed E-state index contributed by atoms with van der Waals surface area (Å²) in [5, 5.41) is 4.58. The summed E-state index contributed by atoms with van der Waals surface area (Å²) in [5.41, 5.74) is 0. The zero-order valence-corrected chi connectivity index (χ0v) is 10.4. The minimum absolute atomic E-state index is 0.219. The lowest BCUT2D eigenvalue weighted by molar-refractivity contribution is -0.122. The molecule has 1 rings (SSSR count). The van der Waals surface area contributed by atoms with Crippen molar-refractivity contribution in [2.24, 2.45) is 0 Å². The topological polar surface area (TPSA) is 76.7 Å². The Kier molecular flexibility index (Phi) is 5.50. The lowest BCUT2D eigenvalue weighted by atomic mass is 10.3. The first-order chi connectivity index (χ1) is 8.65. The quantitative estimate of drug-likeness (QED) is 0.817. The van der Waals surface area contributed by atoms with Crippen LogP contribution in [0.2, 0.25) is 0 Å². The molecule has 98 valence electrons. The lowest BCUT2D eigenvalue weighted by Gasteiger charge is -2.07. The Morgan fingerprint density at radius 1 is 1.17 bits per heavy atom. The molecule has 0 aliphatic rings. The molecule has 0 spiro atoms. The van der Waals surface area contributed by atoms with Gasteiger partial charge in [-0.05, 0) is 31.2 Å². The van der Waals surface area contributed by atoms with Crippen LogP contribution in [0, 0.1) is 0 Å². The maximum atomic E-state index is 11.3. The van der Waals surface area contributed by atoms with Crippen LogP contribution in [0.5, 0.6) is 11.5 Å². The van der Waals surface area contributed by atoms with Gasteiger partial charge in [0.2, 0.25) is 0 Å². The third kappa shape index (κ3) is 4.73. The van der Waals surface area contributed by atoms with E-state index in [0.29, 0.717) is 18.0 Å². The second-order valence-corrected chi connectivity index (χ2v) is 3.37. The van der Waals surface area contributed by atoms with Crippen molar-refractivity contribution in [3.8, 4) is 11.5 Å². The van der Waals surface area contributed by atoms with Crippen molar-refractivity contribution in [2.75, 3.05) is 20.3 Å². The molecule has 0 bridgehead atoms. The lowest BCUT2D eigenvalue weighted by Crippen LogP contribution is -2.41. The molecule has 0 saturated carbocycles. The number of carbonyl (C=O) groups excluding carboxylic acids is 2. The molecule has 3 amide bonds. The number of urea groups is 1. The zero-order valence-electron chi connectivity index (χ0n) is 10.4. The molecule has 0 unspecified atom stereocenters. The van der Waals surface area contributed by atoms with Gasteiger partial charge < -0.3 is 14.8 Å². The molecule has 1 aromatic carbocycles. The summed E-state index contributed by atoms with van der Waals surface area (Å²) in [4.78, 5) is 22.3. The van der Waals surface area contributed by atoms with Crippen LogP contribution in [-0.2, 0) is 4.79 Å². The standard InChI is InChI=1S/C12H16N2O4/c1-3-13-12(16)14-11(15)8-18-10-6-4-9(17-2)5-7-10/h4-7H,3,8H2,1-2H3,(H2,13,14,15,16). The van der Waals surface area contributed by atoms with Crippen LogP contribution < -0.4 is 20.1 Å². The highest BCUT2D eigenvalue weighted by atomic mass is 16.5. The molecule has 0 aromatic heterocycles. The molecule has 1 aromatic rings. The van der Waals surface area contributed by atoms with Gasteiger partial charge in [0.15, 0.2) is 6.61 Å². The third-order valence-corrected chi connectivity index (χ3v) is 2.02. The Morgan fingerprint density at radius 2 is 1.78 bits per heavy atom. The van der Waals surface area contributed by atoms with Crippen LogP contribution in [0.25, 0.3) is 0 Å². The Bertz CT molecular complexity index is 403. The summed E-state index contributed by atoms with van der Waals surface area (Å²) in [6.07, 6.45) is 0. The van der Waals surface area contributed by atoms with E-state index in [1.54, 1.807) is 38.3 Å². The van der Waals surface area contributed by atoms with Crippen LogP contribution >= 0.6 is 0 Å². The van der Waals surface area contributed by atoms with Crippen LogP contribution in [0.4, 0.5) is 4.79 Å². The Labute approximate surface area is 105 Å². The summed E-state index contributed by atoms with van der Waals surface area (Å²) in [7, 11) is 1.57. The monoisotopic (exact) mass is 252 g/mol. The fourth-order valence-corrected chi connectivity index (χ4v) is 1.19. The molecular weight excluding hydrogens is 236 g/mol. The van der Waals surface area contributed by atoms with Crippen molar-refractivity contribution in [3.63, 3.8) is 0 Å². The summed E-state index contributed by atoms with van der Waals surface area (Å²) >= 11 is 0. The number of ether oxygens (including phenoxy) is 2. The third-order valence-electron chi connectivity index (χ3n) is 2.02. The summed E-state index contributed by atoms with van der Waals surface area (Å²) < 4.78 is 10.2. The maximum absolute atomic E-state index is 11.3. The molecule has 0 saturated heterocycles. The van der Waals surface area contributed by atoms with E-state index < -0.39 is 11.9 Å². The summed E-state index contributed by atoms with van der Waals surface area (Å²) in [6, 6.07) is 6.27. The van der Waals surface area contributed by atoms with Crippen molar-refractivity contribution in [1.29, 1.82) is 0 Å². The average molecular weight is 252 g/mol. The van der Waals surface area contributed by atoms with Crippen molar-refractivity contribution in [1.82, 2.24) is 10.6 Å². The molecule has 0 heterocycles. The van der Waals surface area contributed by atoms with Gasteiger partial charge in [-0.25, -0.2) is 4.79 Å². The molecule has 0 radical (unpaired) electrons. The van der Waals surface area contributed by atoms with Gasteiger partial charge in [0.1, 0.15) is 11.5 Å². The smallest absolute Gasteiger partial charge is 0.321 e. The van der Waals surface area contributed by atoms with Crippen molar-refractivity contribution in [2.45, 2.75) is 6.92 Å². The van der Waals surface area contributed by atoms with Gasteiger partial charge in [-0.3, -0.25) is 10.1 Å². The Balaban J connectivity index is 2.35. The predicted molar refractivity (Wildman–Crippen MR) is 65.7 cm³/mol. The molecule has 0 aliphatic heterocycles. The highest BCUT2D eigenvalue weighted by molar-refractivity contribution is 5.94. The van der Waals surface area contributed by atoms with E-state index in [-0.39, 0.29) is 6.61 Å². The summed E-state index contributed by atoms with van der Waals surface area (Å²) in [5.74, 6) is 0.729. The first-order valence-corrected chi connectivity index (χ1v) is 5.50. The van der Waals surface area contributed by atoms with Gasteiger partial charge in [0, 0.05) is 6.54 Å². The number of hydrogen-bond acceptors (Lipinski definition) is 4. The minimum atomic E-state index is -0.527. The van der Waals surface area contributed by atoms with Crippen LogP contribution in [0.15, 0.2) is 24.3 Å². The normalized spacial score (nSPS) is 9.44. The van der Waals surface area contributed by atoms with Crippen LogP contribution in [0.1, 0.15) is 6.92 Å². The Hall–Kier alpha value is -2.24. The number of benzene rings is 1. The first-order valence-electron chi connectivity index (χ1n) is 5.50. The van der Waals surface area contributed by atoms with Crippen LogP contribution in [-0.4, -0.2) is 32.2 Å². The molecular formula is C12H16N2O4. The zero-order chi connectivity index (χ0) is 13.4. The van der Waals surface area contributed by atoms with E-state index in [1.165, 1.54) is 0 Å². The molecule has 18 heavy (non-hydrogen) atoms. The highest BCUT2D eigenvalue weighted by Gasteiger charge is 2.07. The SMILES string of the molecule is CCNC(=O)NC(=O)COc1ccc(OC)cc1. The van der Waals surface area contributed by atoms with Crippen LogP contribution in [0.3, 0.4) is 0 Å². The number of imide groups is 1. The van der Waals surface area contributed by atoms with Gasteiger partial charge in [0.05, 0.1) is 7.11 Å². The number of nitrogens with one attached hydrogen (secondary N) is 2. The fraction of sp³-hybridized carbons (Fsp3) is 0.333. The molecule has 2 N–H and O–H groups in total. The van der Waals surface area contributed by atoms with E-state index in [0.717, 1.165) is 0 Å². The minimum Gasteiger partial charge on any atom is -0.497 e. The van der Waals surface area contributed by atoms with E-state index in [2.05, 4.69) is 10.6 Å². The number of carbonyl (C=O) groups is 2. The van der Waals surface area contributed by atoms with Gasteiger partial charge >= 0.3 is 6.03 Å². The number of rotatable bonds is 5. The van der Waals surface area contributed by atoms with Gasteiger partial charge in [-0.2, -0.15) is 0 Å². The molecule has 0 atom stereocenters. The van der Waals surface area contributed by atoms with E-state index >= 15 is 0 Å². The molecule has 6 heteroatoms. The second-order valence-electron chi connectivity index (χ2n) is 3.37. The number of amides is 3. The number of hydrogen-bond donors (Lipinski definition) is 2. The van der Waals surface area contributed by atoms with E-state index in [4.69, 9.17) is 9.47 Å². The Morgan fingerprint density at radius 3 is 2.33 bits per heavy atom. The average Bonchev–Trinajstić information content (AvgIpc) is 2.37. The molecule has 0 aliphatic carbocycles. The predicted octanol–water partition coefficient (Wildman–Crippen LogP) is 0.920. The highest BCUT2D eigenvalue weighted by Crippen LogP contribution is 2.16. The number of methoxy groups -OCH3 is 1. The van der Waals surface area contributed by atoms with E-state index in [1.807, 2.05) is 0 Å². The molecule has 0 fully saturated rings. The fourth-order valence-electron chi connectivity index (χ4n) is 1.19. The first kappa shape index (κ1) is 13.8. The van der Waals surface area contributed by atoms with Crippen molar-refractivity contribution >= 4 is 11.9 Å². The maximum Gasteiger partial charge on any atom is 0.321 e. The van der Waals surface area contributed by atoms with Crippen molar-refractivity contribution < 1.29 is 19.1 Å². The van der Waals surface area contributed by atoms with Gasteiger partial charge in [-0.15, -0.1) is 0 Å². The largest absolute Gasteiger partial charge is 0.497 e. The summed E-state index contributed by atoms with van der Waals surface area (Å²) in [6.45, 7) is 2.00. The van der Waals surface area contributed by atoms with Gasteiger partial charge in [-0.1, -0.05) is 0 Å². The van der Waals surface area contributed by atoms with Gasteiger partial charge in [0.25, 0.3) is 5.91 Å². The van der Waals surface area contributed by atoms with Crippen molar-refractivity contribution in [3.05, 3.63) is 24.3 Å². The van der Waals surface area contributed by atoms with E-state index in [9.17, 15) is 9.59 Å². The molecule has 6 nitrogen and oxygen atoms in total. The second kappa shape index (κ2) is 7.16.